The zero-order valence-corrected chi connectivity index (χ0v) is 15.1. The predicted molar refractivity (Wildman–Crippen MR) is 96.3 cm³/mol. The van der Waals surface area contributed by atoms with Crippen LogP contribution in [0.3, 0.4) is 0 Å². The summed E-state index contributed by atoms with van der Waals surface area (Å²) in [6, 6.07) is 4.01. The van der Waals surface area contributed by atoms with Crippen LogP contribution >= 0.6 is 11.8 Å². The molecule has 24 heavy (non-hydrogen) atoms. The highest BCUT2D eigenvalue weighted by Crippen LogP contribution is 2.21. The highest BCUT2D eigenvalue weighted by molar-refractivity contribution is 8.13. The lowest BCUT2D eigenvalue weighted by molar-refractivity contribution is -0.124. The van der Waals surface area contributed by atoms with Crippen LogP contribution in [0.25, 0.3) is 0 Å². The molecule has 0 aliphatic carbocycles. The maximum Gasteiger partial charge on any atom is 0.281 e. The maximum absolute atomic E-state index is 12.0. The number of nitrogens with zero attached hydrogens (tertiary/aromatic N) is 1. The van der Waals surface area contributed by atoms with Crippen LogP contribution in [0.5, 0.6) is 0 Å². The number of rotatable bonds is 6. The monoisotopic (exact) mass is 349 g/mol. The van der Waals surface area contributed by atoms with Crippen molar-refractivity contribution in [3.05, 3.63) is 28.8 Å². The summed E-state index contributed by atoms with van der Waals surface area (Å²) in [4.78, 5) is 36.9. The molecule has 1 aliphatic heterocycles. The molecule has 1 saturated heterocycles. The van der Waals surface area contributed by atoms with Crippen LogP contribution in [0.15, 0.2) is 12.1 Å². The Balaban J connectivity index is 1.76. The summed E-state index contributed by atoms with van der Waals surface area (Å²) < 4.78 is 0. The second-order valence-electron chi connectivity index (χ2n) is 5.95. The number of thioether (sulfide) groups is 1. The molecule has 0 aromatic heterocycles. The SMILES string of the molecule is Cc1cc(C)c(NC(=O)CNC(=O)CCN2CCSC2=O)c(C)c1. The van der Waals surface area contributed by atoms with Gasteiger partial charge in [-0.2, -0.15) is 0 Å². The van der Waals surface area contributed by atoms with Gasteiger partial charge in [-0.25, -0.2) is 0 Å². The molecule has 0 atom stereocenters. The van der Waals surface area contributed by atoms with Gasteiger partial charge in [-0.05, 0) is 31.9 Å². The standard InChI is InChI=1S/C17H23N3O3S/c1-11-8-12(2)16(13(3)9-11)19-15(22)10-18-14(21)4-5-20-6-7-24-17(20)23/h8-9H,4-7,10H2,1-3H3,(H,18,21)(H,19,22). The molecule has 0 unspecified atom stereocenters. The van der Waals surface area contributed by atoms with Gasteiger partial charge >= 0.3 is 0 Å². The van der Waals surface area contributed by atoms with Gasteiger partial charge in [-0.3, -0.25) is 14.4 Å². The fourth-order valence-corrected chi connectivity index (χ4v) is 3.54. The van der Waals surface area contributed by atoms with Crippen LogP contribution in [-0.2, 0) is 9.59 Å². The molecule has 1 fully saturated rings. The van der Waals surface area contributed by atoms with E-state index in [1.165, 1.54) is 11.8 Å². The van der Waals surface area contributed by atoms with Crippen molar-refractivity contribution in [1.29, 1.82) is 0 Å². The number of aryl methyl sites for hydroxylation is 3. The topological polar surface area (TPSA) is 78.5 Å². The van der Waals surface area contributed by atoms with Gasteiger partial charge in [0.15, 0.2) is 0 Å². The number of carbonyl (C=O) groups is 3. The van der Waals surface area contributed by atoms with Crippen molar-refractivity contribution in [3.8, 4) is 0 Å². The lowest BCUT2D eigenvalue weighted by Crippen LogP contribution is -2.35. The Labute approximate surface area is 146 Å². The van der Waals surface area contributed by atoms with Gasteiger partial charge in [-0.1, -0.05) is 29.5 Å². The van der Waals surface area contributed by atoms with E-state index in [1.54, 1.807) is 4.90 Å². The van der Waals surface area contributed by atoms with Crippen molar-refractivity contribution in [2.24, 2.45) is 0 Å². The third kappa shape index (κ3) is 4.99. The van der Waals surface area contributed by atoms with Gasteiger partial charge in [0.05, 0.1) is 6.54 Å². The zero-order chi connectivity index (χ0) is 17.7. The summed E-state index contributed by atoms with van der Waals surface area (Å²) in [7, 11) is 0. The number of amides is 3. The smallest absolute Gasteiger partial charge is 0.281 e. The van der Waals surface area contributed by atoms with E-state index >= 15 is 0 Å². The molecule has 130 valence electrons. The second-order valence-corrected chi connectivity index (χ2v) is 7.00. The number of hydrogen-bond donors (Lipinski definition) is 2. The van der Waals surface area contributed by atoms with Crippen LogP contribution < -0.4 is 10.6 Å². The van der Waals surface area contributed by atoms with Crippen molar-refractivity contribution < 1.29 is 14.4 Å². The van der Waals surface area contributed by atoms with Crippen LogP contribution in [0.2, 0.25) is 0 Å². The summed E-state index contributed by atoms with van der Waals surface area (Å²) in [6.07, 6.45) is 0.210. The fourth-order valence-electron chi connectivity index (χ4n) is 2.69. The average molecular weight is 349 g/mol. The highest BCUT2D eigenvalue weighted by atomic mass is 32.2. The van der Waals surface area contributed by atoms with E-state index in [0.717, 1.165) is 28.1 Å². The first-order valence-electron chi connectivity index (χ1n) is 7.93. The average Bonchev–Trinajstić information content (AvgIpc) is 2.92. The molecule has 2 rings (SSSR count). The quantitative estimate of drug-likeness (QED) is 0.825. The van der Waals surface area contributed by atoms with Crippen molar-refractivity contribution in [1.82, 2.24) is 10.2 Å². The Bertz CT molecular complexity index is 637. The second kappa shape index (κ2) is 8.19. The van der Waals surface area contributed by atoms with E-state index in [0.29, 0.717) is 13.1 Å². The van der Waals surface area contributed by atoms with E-state index in [4.69, 9.17) is 0 Å². The number of nitrogens with one attached hydrogen (secondary N) is 2. The third-order valence-electron chi connectivity index (χ3n) is 3.84. The lowest BCUT2D eigenvalue weighted by Gasteiger charge is -2.15. The van der Waals surface area contributed by atoms with Crippen molar-refractivity contribution in [2.75, 3.05) is 30.7 Å². The Hall–Kier alpha value is -2.02. The molecular weight excluding hydrogens is 326 g/mol. The minimum atomic E-state index is -0.258. The first kappa shape index (κ1) is 18.3. The Kier molecular flexibility index (Phi) is 6.25. The molecule has 2 N–H and O–H groups in total. The predicted octanol–water partition coefficient (Wildman–Crippen LogP) is 2.23. The molecule has 7 heteroatoms. The molecule has 0 saturated carbocycles. The Morgan fingerprint density at radius 2 is 1.83 bits per heavy atom. The van der Waals surface area contributed by atoms with E-state index in [-0.39, 0.29) is 30.0 Å². The summed E-state index contributed by atoms with van der Waals surface area (Å²) in [5.41, 5.74) is 3.93. The van der Waals surface area contributed by atoms with Crippen LogP contribution in [0.4, 0.5) is 10.5 Å². The van der Waals surface area contributed by atoms with Crippen LogP contribution in [0.1, 0.15) is 23.1 Å². The molecule has 1 heterocycles. The van der Waals surface area contributed by atoms with E-state index < -0.39 is 0 Å². The van der Waals surface area contributed by atoms with Gasteiger partial charge in [0.2, 0.25) is 11.8 Å². The first-order chi connectivity index (χ1) is 11.4. The fraction of sp³-hybridized carbons (Fsp3) is 0.471. The third-order valence-corrected chi connectivity index (χ3v) is 4.73. The van der Waals surface area contributed by atoms with Crippen molar-refractivity contribution in [2.45, 2.75) is 27.2 Å². The zero-order valence-electron chi connectivity index (χ0n) is 14.3. The Morgan fingerprint density at radius 1 is 1.17 bits per heavy atom. The Morgan fingerprint density at radius 3 is 2.42 bits per heavy atom. The minimum absolute atomic E-state index is 0.0193. The molecule has 1 aliphatic rings. The van der Waals surface area contributed by atoms with Gasteiger partial charge in [0.1, 0.15) is 0 Å². The summed E-state index contributed by atoms with van der Waals surface area (Å²) >= 11 is 1.27. The number of anilines is 1. The van der Waals surface area contributed by atoms with Crippen LogP contribution in [0, 0.1) is 20.8 Å². The molecule has 3 amide bonds. The first-order valence-corrected chi connectivity index (χ1v) is 8.91. The molecular formula is C17H23N3O3S. The number of benzene rings is 1. The maximum atomic E-state index is 12.0. The molecule has 6 nitrogen and oxygen atoms in total. The summed E-state index contributed by atoms with van der Waals surface area (Å²) in [6.45, 7) is 6.90. The van der Waals surface area contributed by atoms with E-state index in [1.807, 2.05) is 32.9 Å². The van der Waals surface area contributed by atoms with Gasteiger partial charge in [-0.15, -0.1) is 0 Å². The molecule has 0 bridgehead atoms. The van der Waals surface area contributed by atoms with Gasteiger partial charge < -0.3 is 15.5 Å². The lowest BCUT2D eigenvalue weighted by atomic mass is 10.1. The van der Waals surface area contributed by atoms with E-state index in [2.05, 4.69) is 10.6 Å². The molecule has 1 aromatic rings. The largest absolute Gasteiger partial charge is 0.347 e. The van der Waals surface area contributed by atoms with Gasteiger partial charge in [0, 0.05) is 31.0 Å². The summed E-state index contributed by atoms with van der Waals surface area (Å²) in [5.74, 6) is 0.288. The molecule has 0 spiro atoms. The number of hydrogen-bond acceptors (Lipinski definition) is 4. The van der Waals surface area contributed by atoms with E-state index in [9.17, 15) is 14.4 Å². The molecule has 0 radical (unpaired) electrons. The molecule has 1 aromatic carbocycles. The minimum Gasteiger partial charge on any atom is -0.347 e. The van der Waals surface area contributed by atoms with Crippen LogP contribution in [-0.4, -0.2) is 47.3 Å². The normalized spacial score (nSPS) is 14.0. The van der Waals surface area contributed by atoms with Gasteiger partial charge in [0.25, 0.3) is 5.24 Å². The van der Waals surface area contributed by atoms with Crippen molar-refractivity contribution in [3.63, 3.8) is 0 Å². The summed E-state index contributed by atoms with van der Waals surface area (Å²) in [5, 5.41) is 5.46. The highest BCUT2D eigenvalue weighted by Gasteiger charge is 2.21. The van der Waals surface area contributed by atoms with Crippen molar-refractivity contribution >= 4 is 34.5 Å². The number of carbonyl (C=O) groups excluding carboxylic acids is 3.